The van der Waals surface area contributed by atoms with Crippen LogP contribution in [0.25, 0.3) is 0 Å². The Morgan fingerprint density at radius 2 is 1.90 bits per heavy atom. The molecular weight excluding hydrogens is 323 g/mol. The lowest BCUT2D eigenvalue weighted by Gasteiger charge is -2.21. The molecule has 3 rings (SSSR count). The van der Waals surface area contributed by atoms with Gasteiger partial charge in [-0.3, -0.25) is 4.79 Å². The van der Waals surface area contributed by atoms with E-state index in [0.717, 1.165) is 39.0 Å². The normalized spacial score (nSPS) is 26.2. The zero-order valence-corrected chi connectivity index (χ0v) is 12.8. The standard InChI is InChI=1S/C15H18BrFN2O/c16-13-2-1-10(7-14(13)17)15(20)19-5-3-11-8-18-9-12(11)4-6-19/h1-2,7,11-12,18H,3-6,8-9H2/t11-,12+. The van der Waals surface area contributed by atoms with Crippen LogP contribution in [0.5, 0.6) is 0 Å². The number of nitrogens with one attached hydrogen (secondary N) is 1. The average molecular weight is 341 g/mol. The van der Waals surface area contributed by atoms with Gasteiger partial charge in [0, 0.05) is 18.7 Å². The molecule has 1 amide bonds. The number of hydrogen-bond acceptors (Lipinski definition) is 2. The van der Waals surface area contributed by atoms with E-state index in [1.165, 1.54) is 6.07 Å². The molecule has 5 heteroatoms. The summed E-state index contributed by atoms with van der Waals surface area (Å²) in [6.07, 6.45) is 2.09. The summed E-state index contributed by atoms with van der Waals surface area (Å²) in [5.41, 5.74) is 0.441. The lowest BCUT2D eigenvalue weighted by Crippen LogP contribution is -2.32. The monoisotopic (exact) mass is 340 g/mol. The van der Waals surface area contributed by atoms with Crippen LogP contribution < -0.4 is 5.32 Å². The average Bonchev–Trinajstić information content (AvgIpc) is 2.80. The van der Waals surface area contributed by atoms with Gasteiger partial charge in [0.25, 0.3) is 5.91 Å². The fourth-order valence-electron chi connectivity index (χ4n) is 3.23. The molecule has 0 aliphatic carbocycles. The first-order valence-corrected chi connectivity index (χ1v) is 7.89. The maximum atomic E-state index is 13.5. The minimum absolute atomic E-state index is 0.0515. The number of benzene rings is 1. The Hall–Kier alpha value is -0.940. The fraction of sp³-hybridized carbons (Fsp3) is 0.533. The summed E-state index contributed by atoms with van der Waals surface area (Å²) in [6, 6.07) is 4.60. The third kappa shape index (κ3) is 2.74. The first kappa shape index (κ1) is 14.0. The highest BCUT2D eigenvalue weighted by molar-refractivity contribution is 9.10. The Morgan fingerprint density at radius 1 is 1.25 bits per heavy atom. The molecule has 0 spiro atoms. The molecule has 2 aliphatic heterocycles. The molecule has 2 heterocycles. The number of likely N-dealkylation sites (tertiary alicyclic amines) is 1. The van der Waals surface area contributed by atoms with E-state index in [4.69, 9.17) is 0 Å². The summed E-state index contributed by atoms with van der Waals surface area (Å²) >= 11 is 3.11. The second kappa shape index (κ2) is 5.82. The van der Waals surface area contributed by atoms with E-state index in [1.54, 1.807) is 12.1 Å². The summed E-state index contributed by atoms with van der Waals surface area (Å²) in [7, 11) is 0. The lowest BCUT2D eigenvalue weighted by atomic mass is 9.92. The van der Waals surface area contributed by atoms with Crippen molar-refractivity contribution in [2.45, 2.75) is 12.8 Å². The molecule has 1 N–H and O–H groups in total. The van der Waals surface area contributed by atoms with E-state index in [9.17, 15) is 9.18 Å². The van der Waals surface area contributed by atoms with Crippen molar-refractivity contribution in [1.29, 1.82) is 0 Å². The van der Waals surface area contributed by atoms with Crippen molar-refractivity contribution in [3.8, 4) is 0 Å². The van der Waals surface area contributed by atoms with Gasteiger partial charge in [0.05, 0.1) is 4.47 Å². The Balaban J connectivity index is 1.72. The van der Waals surface area contributed by atoms with Crippen LogP contribution in [0.3, 0.4) is 0 Å². The molecule has 108 valence electrons. The largest absolute Gasteiger partial charge is 0.339 e. The van der Waals surface area contributed by atoms with Gasteiger partial charge in [-0.1, -0.05) is 0 Å². The Morgan fingerprint density at radius 3 is 2.50 bits per heavy atom. The second-order valence-corrected chi connectivity index (χ2v) is 6.53. The zero-order valence-electron chi connectivity index (χ0n) is 11.2. The van der Waals surface area contributed by atoms with E-state index >= 15 is 0 Å². The number of rotatable bonds is 1. The minimum atomic E-state index is -0.383. The van der Waals surface area contributed by atoms with Crippen molar-refractivity contribution in [3.63, 3.8) is 0 Å². The molecule has 0 radical (unpaired) electrons. The SMILES string of the molecule is O=C(c1ccc(Br)c(F)c1)N1CC[C@@H]2CNC[C@@H]2CC1. The number of fused-ring (bicyclic) bond motifs is 1. The van der Waals surface area contributed by atoms with Crippen LogP contribution in [0, 0.1) is 17.7 Å². The van der Waals surface area contributed by atoms with Crippen LogP contribution >= 0.6 is 15.9 Å². The molecule has 2 saturated heterocycles. The number of nitrogens with zero attached hydrogens (tertiary/aromatic N) is 1. The van der Waals surface area contributed by atoms with Crippen molar-refractivity contribution in [2.24, 2.45) is 11.8 Å². The number of halogens is 2. The van der Waals surface area contributed by atoms with Crippen molar-refractivity contribution in [3.05, 3.63) is 34.1 Å². The molecule has 0 unspecified atom stereocenters. The van der Waals surface area contributed by atoms with Gasteiger partial charge in [-0.15, -0.1) is 0 Å². The Kier molecular flexibility index (Phi) is 4.08. The molecule has 2 fully saturated rings. The first-order valence-electron chi connectivity index (χ1n) is 7.10. The highest BCUT2D eigenvalue weighted by atomic mass is 79.9. The summed E-state index contributed by atoms with van der Waals surface area (Å²) < 4.78 is 13.9. The van der Waals surface area contributed by atoms with Gasteiger partial charge in [-0.2, -0.15) is 0 Å². The smallest absolute Gasteiger partial charge is 0.253 e. The molecule has 2 aliphatic rings. The van der Waals surface area contributed by atoms with E-state index in [2.05, 4.69) is 21.2 Å². The topological polar surface area (TPSA) is 32.3 Å². The van der Waals surface area contributed by atoms with E-state index in [1.807, 2.05) is 4.90 Å². The maximum Gasteiger partial charge on any atom is 0.253 e. The van der Waals surface area contributed by atoms with Crippen molar-refractivity contribution >= 4 is 21.8 Å². The predicted molar refractivity (Wildman–Crippen MR) is 79.1 cm³/mol. The molecule has 1 aromatic rings. The highest BCUT2D eigenvalue weighted by Crippen LogP contribution is 2.28. The van der Waals surface area contributed by atoms with Crippen LogP contribution in [-0.2, 0) is 0 Å². The predicted octanol–water partition coefficient (Wildman–Crippen LogP) is 2.66. The number of carbonyl (C=O) groups excluding carboxylic acids is 1. The van der Waals surface area contributed by atoms with Crippen molar-refractivity contribution in [2.75, 3.05) is 26.2 Å². The lowest BCUT2D eigenvalue weighted by molar-refractivity contribution is 0.0758. The van der Waals surface area contributed by atoms with Crippen LogP contribution in [0.2, 0.25) is 0 Å². The van der Waals surface area contributed by atoms with E-state index in [-0.39, 0.29) is 11.7 Å². The van der Waals surface area contributed by atoms with Crippen LogP contribution in [0.1, 0.15) is 23.2 Å². The molecule has 0 aromatic heterocycles. The summed E-state index contributed by atoms with van der Waals surface area (Å²) in [4.78, 5) is 14.3. The summed E-state index contributed by atoms with van der Waals surface area (Å²) in [6.45, 7) is 3.69. The highest BCUT2D eigenvalue weighted by Gasteiger charge is 2.31. The molecule has 3 nitrogen and oxygen atoms in total. The first-order chi connectivity index (χ1) is 9.65. The van der Waals surface area contributed by atoms with Crippen molar-refractivity contribution < 1.29 is 9.18 Å². The van der Waals surface area contributed by atoms with E-state index in [0.29, 0.717) is 21.9 Å². The minimum Gasteiger partial charge on any atom is -0.339 e. The van der Waals surface area contributed by atoms with Gasteiger partial charge in [-0.05, 0) is 71.9 Å². The van der Waals surface area contributed by atoms with Crippen LogP contribution in [0.15, 0.2) is 22.7 Å². The van der Waals surface area contributed by atoms with Gasteiger partial charge in [0.1, 0.15) is 5.82 Å². The second-order valence-electron chi connectivity index (χ2n) is 5.68. The zero-order chi connectivity index (χ0) is 14.1. The van der Waals surface area contributed by atoms with Gasteiger partial charge < -0.3 is 10.2 Å². The molecule has 2 atom stereocenters. The molecule has 0 saturated carbocycles. The number of hydrogen-bond donors (Lipinski definition) is 1. The number of amides is 1. The maximum absolute atomic E-state index is 13.5. The van der Waals surface area contributed by atoms with Gasteiger partial charge in [0.2, 0.25) is 0 Å². The van der Waals surface area contributed by atoms with Crippen molar-refractivity contribution in [1.82, 2.24) is 10.2 Å². The van der Waals surface area contributed by atoms with Crippen LogP contribution in [0.4, 0.5) is 4.39 Å². The summed E-state index contributed by atoms with van der Waals surface area (Å²) in [5.74, 6) is 0.944. The third-order valence-electron chi connectivity index (χ3n) is 4.47. The van der Waals surface area contributed by atoms with E-state index < -0.39 is 0 Å². The Bertz CT molecular complexity index is 509. The summed E-state index contributed by atoms with van der Waals surface area (Å²) in [5, 5.41) is 3.42. The molecule has 1 aromatic carbocycles. The molecular formula is C15H18BrFN2O. The van der Waals surface area contributed by atoms with Crippen LogP contribution in [-0.4, -0.2) is 37.0 Å². The molecule has 0 bridgehead atoms. The van der Waals surface area contributed by atoms with Gasteiger partial charge >= 0.3 is 0 Å². The Labute approximate surface area is 126 Å². The number of carbonyl (C=O) groups is 1. The fourth-order valence-corrected chi connectivity index (χ4v) is 3.48. The molecule has 20 heavy (non-hydrogen) atoms. The van der Waals surface area contributed by atoms with Gasteiger partial charge in [0.15, 0.2) is 0 Å². The third-order valence-corrected chi connectivity index (χ3v) is 5.12. The quantitative estimate of drug-likeness (QED) is 0.852. The van der Waals surface area contributed by atoms with Gasteiger partial charge in [-0.25, -0.2) is 4.39 Å².